The molecule has 16 heavy (non-hydrogen) atoms. The van der Waals surface area contributed by atoms with Crippen LogP contribution in [0.15, 0.2) is 18.2 Å². The lowest BCUT2D eigenvalue weighted by Crippen LogP contribution is -2.26. The first-order chi connectivity index (χ1) is 7.33. The van der Waals surface area contributed by atoms with Gasteiger partial charge in [-0.1, -0.05) is 0 Å². The van der Waals surface area contributed by atoms with Crippen LogP contribution in [-0.2, 0) is 14.7 Å². The molecule has 90 valence electrons. The van der Waals surface area contributed by atoms with E-state index < -0.39 is 10.4 Å². The van der Waals surface area contributed by atoms with Crippen molar-refractivity contribution in [3.8, 4) is 0 Å². The minimum Gasteiger partial charge on any atom is -0.399 e. The summed E-state index contributed by atoms with van der Waals surface area (Å²) in [5.74, 6) is 0. The number of hydroxylamine groups is 1. The smallest absolute Gasteiger partial charge is 0.399 e. The minimum atomic E-state index is -4.51. The first-order valence-electron chi connectivity index (χ1n) is 4.64. The van der Waals surface area contributed by atoms with Crippen molar-refractivity contribution in [2.24, 2.45) is 0 Å². The van der Waals surface area contributed by atoms with Gasteiger partial charge in [0.25, 0.3) is 0 Å². The molecule has 0 fully saturated rings. The quantitative estimate of drug-likeness (QED) is 0.470. The molecule has 1 aromatic carbocycles. The van der Waals surface area contributed by atoms with E-state index >= 15 is 0 Å². The molecule has 1 aromatic rings. The van der Waals surface area contributed by atoms with Crippen LogP contribution in [0.3, 0.4) is 0 Å². The Morgan fingerprint density at radius 3 is 2.56 bits per heavy atom. The number of benzene rings is 1. The highest BCUT2D eigenvalue weighted by Gasteiger charge is 2.14. The average Bonchev–Trinajstić information content (AvgIpc) is 2.17. The Morgan fingerprint density at radius 2 is 2.12 bits per heavy atom. The third-order valence-electron chi connectivity index (χ3n) is 2.01. The van der Waals surface area contributed by atoms with Gasteiger partial charge in [-0.2, -0.15) is 8.42 Å². The van der Waals surface area contributed by atoms with Crippen LogP contribution in [0.1, 0.15) is 12.5 Å². The lowest BCUT2D eigenvalue weighted by molar-refractivity contribution is 0.245. The van der Waals surface area contributed by atoms with Crippen molar-refractivity contribution in [3.05, 3.63) is 23.8 Å². The molecule has 6 nitrogen and oxygen atoms in total. The van der Waals surface area contributed by atoms with Gasteiger partial charge in [-0.25, -0.2) is 5.06 Å². The third-order valence-corrected chi connectivity index (χ3v) is 2.38. The number of anilines is 2. The van der Waals surface area contributed by atoms with Crippen LogP contribution in [0, 0.1) is 6.92 Å². The molecular formula is C9H14N2O4S. The molecule has 0 unspecified atom stereocenters. The van der Waals surface area contributed by atoms with E-state index in [2.05, 4.69) is 4.28 Å². The van der Waals surface area contributed by atoms with Crippen LogP contribution < -0.4 is 10.8 Å². The summed E-state index contributed by atoms with van der Waals surface area (Å²) in [6, 6.07) is 4.92. The number of aryl methyl sites for hydroxylation is 1. The first kappa shape index (κ1) is 12.8. The van der Waals surface area contributed by atoms with Gasteiger partial charge in [-0.15, -0.1) is 4.28 Å². The van der Waals surface area contributed by atoms with Gasteiger partial charge < -0.3 is 5.73 Å². The second kappa shape index (κ2) is 4.69. The monoisotopic (exact) mass is 246 g/mol. The van der Waals surface area contributed by atoms with Crippen LogP contribution in [0.4, 0.5) is 11.4 Å². The maximum absolute atomic E-state index is 10.6. The summed E-state index contributed by atoms with van der Waals surface area (Å²) in [7, 11) is -4.51. The minimum absolute atomic E-state index is 0.267. The van der Waals surface area contributed by atoms with Crippen molar-refractivity contribution in [1.82, 2.24) is 0 Å². The van der Waals surface area contributed by atoms with Crippen molar-refractivity contribution in [3.63, 3.8) is 0 Å². The van der Waals surface area contributed by atoms with Crippen molar-refractivity contribution in [1.29, 1.82) is 0 Å². The van der Waals surface area contributed by atoms with Crippen LogP contribution >= 0.6 is 0 Å². The molecule has 0 aliphatic rings. The lowest BCUT2D eigenvalue weighted by Gasteiger charge is -2.20. The molecule has 0 saturated carbocycles. The maximum Gasteiger partial charge on any atom is 0.418 e. The average molecular weight is 246 g/mol. The fourth-order valence-electron chi connectivity index (χ4n) is 1.21. The highest BCUT2D eigenvalue weighted by molar-refractivity contribution is 7.80. The summed E-state index contributed by atoms with van der Waals surface area (Å²) in [5.41, 5.74) is 7.54. The zero-order valence-corrected chi connectivity index (χ0v) is 9.86. The van der Waals surface area contributed by atoms with Gasteiger partial charge in [-0.3, -0.25) is 4.55 Å². The van der Waals surface area contributed by atoms with E-state index in [1.165, 1.54) is 0 Å². The number of nitrogens with zero attached hydrogens (tertiary/aromatic N) is 1. The molecule has 0 heterocycles. The van der Waals surface area contributed by atoms with E-state index in [4.69, 9.17) is 10.3 Å². The summed E-state index contributed by atoms with van der Waals surface area (Å²) in [6.07, 6.45) is 0. The molecule has 0 atom stereocenters. The predicted octanol–water partition coefficient (Wildman–Crippen LogP) is 1.14. The summed E-state index contributed by atoms with van der Waals surface area (Å²) in [4.78, 5) is 0. The molecule has 0 aliphatic heterocycles. The Morgan fingerprint density at radius 1 is 1.50 bits per heavy atom. The molecule has 0 bridgehead atoms. The van der Waals surface area contributed by atoms with Gasteiger partial charge in [-0.05, 0) is 37.6 Å². The van der Waals surface area contributed by atoms with Crippen LogP contribution in [0.5, 0.6) is 0 Å². The van der Waals surface area contributed by atoms with E-state index in [-0.39, 0.29) is 6.54 Å². The lowest BCUT2D eigenvalue weighted by atomic mass is 10.2. The van der Waals surface area contributed by atoms with E-state index in [1.807, 2.05) is 0 Å². The predicted molar refractivity (Wildman–Crippen MR) is 61.2 cm³/mol. The molecule has 0 amide bonds. The Kier molecular flexibility index (Phi) is 3.74. The van der Waals surface area contributed by atoms with Gasteiger partial charge in [0, 0.05) is 12.2 Å². The number of nitrogens with two attached hydrogens (primary N) is 1. The molecule has 0 aliphatic carbocycles. The number of hydrogen-bond acceptors (Lipinski definition) is 5. The highest BCUT2D eigenvalue weighted by atomic mass is 32.3. The number of nitrogen functional groups attached to an aromatic ring is 1. The molecule has 7 heteroatoms. The van der Waals surface area contributed by atoms with Gasteiger partial charge in [0.1, 0.15) is 0 Å². The number of rotatable bonds is 4. The summed E-state index contributed by atoms with van der Waals surface area (Å²) >= 11 is 0. The Hall–Kier alpha value is -1.31. The van der Waals surface area contributed by atoms with E-state index in [0.717, 1.165) is 10.6 Å². The SMILES string of the molecule is CCN(OS(=O)(=O)O)c1ccc(N)c(C)c1. The molecular weight excluding hydrogens is 232 g/mol. The fraction of sp³-hybridized carbons (Fsp3) is 0.333. The highest BCUT2D eigenvalue weighted by Crippen LogP contribution is 2.21. The molecule has 3 N–H and O–H groups in total. The molecule has 0 spiro atoms. The van der Waals surface area contributed by atoms with Gasteiger partial charge >= 0.3 is 10.4 Å². The second-order valence-corrected chi connectivity index (χ2v) is 4.24. The molecule has 0 radical (unpaired) electrons. The Bertz CT molecular complexity index is 472. The third kappa shape index (κ3) is 3.37. The maximum atomic E-state index is 10.6. The zero-order chi connectivity index (χ0) is 12.3. The van der Waals surface area contributed by atoms with Crippen molar-refractivity contribution in [2.45, 2.75) is 13.8 Å². The molecule has 0 saturated heterocycles. The zero-order valence-electron chi connectivity index (χ0n) is 9.04. The Labute approximate surface area is 94.5 Å². The van der Waals surface area contributed by atoms with E-state index in [1.54, 1.807) is 32.0 Å². The fourth-order valence-corrected chi connectivity index (χ4v) is 1.63. The number of hydrogen-bond donors (Lipinski definition) is 2. The summed E-state index contributed by atoms with van der Waals surface area (Å²) in [5, 5.41) is 1.06. The standard InChI is InChI=1S/C9H14N2O4S/c1-3-11(15-16(12,13)14)8-4-5-9(10)7(2)6-8/h4-6H,3,10H2,1-2H3,(H,12,13,14). The van der Waals surface area contributed by atoms with Crippen LogP contribution in [0.25, 0.3) is 0 Å². The Balaban J connectivity index is 3.00. The van der Waals surface area contributed by atoms with Crippen molar-refractivity contribution in [2.75, 3.05) is 17.3 Å². The van der Waals surface area contributed by atoms with Crippen molar-refractivity contribution >= 4 is 21.8 Å². The van der Waals surface area contributed by atoms with E-state index in [9.17, 15) is 8.42 Å². The van der Waals surface area contributed by atoms with Gasteiger partial charge in [0.05, 0.1) is 5.69 Å². The second-order valence-electron chi connectivity index (χ2n) is 3.24. The topological polar surface area (TPSA) is 92.9 Å². The normalized spacial score (nSPS) is 11.4. The molecule has 0 aromatic heterocycles. The van der Waals surface area contributed by atoms with Crippen LogP contribution in [-0.4, -0.2) is 19.5 Å². The largest absolute Gasteiger partial charge is 0.418 e. The van der Waals surface area contributed by atoms with Crippen LogP contribution in [0.2, 0.25) is 0 Å². The van der Waals surface area contributed by atoms with Gasteiger partial charge in [0.2, 0.25) is 0 Å². The van der Waals surface area contributed by atoms with E-state index in [0.29, 0.717) is 11.4 Å². The van der Waals surface area contributed by atoms with Crippen molar-refractivity contribution < 1.29 is 17.3 Å². The van der Waals surface area contributed by atoms with Gasteiger partial charge in [0.15, 0.2) is 0 Å². The summed E-state index contributed by atoms with van der Waals surface area (Å²) in [6.45, 7) is 3.75. The molecule has 1 rings (SSSR count). The summed E-state index contributed by atoms with van der Waals surface area (Å²) < 4.78 is 34.2. The first-order valence-corrected chi connectivity index (χ1v) is 6.00.